The molecule has 4 atom stereocenters. The number of hydrogen-bond acceptors (Lipinski definition) is 4. The Balaban J connectivity index is 2.05. The molecular weight excluding hydrogens is 208 g/mol. The van der Waals surface area contributed by atoms with Gasteiger partial charge in [-0.15, -0.1) is 6.58 Å². The summed E-state index contributed by atoms with van der Waals surface area (Å²) in [5.41, 5.74) is 0. The first-order valence-corrected chi connectivity index (χ1v) is 5.73. The molecule has 0 aromatic heterocycles. The maximum absolute atomic E-state index is 5.87. The summed E-state index contributed by atoms with van der Waals surface area (Å²) in [6.07, 6.45) is 1.27. The molecule has 0 aromatic rings. The normalized spacial score (nSPS) is 41.7. The lowest BCUT2D eigenvalue weighted by molar-refractivity contribution is -0.234. The van der Waals surface area contributed by atoms with Gasteiger partial charge in [-0.1, -0.05) is 13.0 Å². The first-order valence-electron chi connectivity index (χ1n) is 5.73. The molecule has 0 spiro atoms. The van der Waals surface area contributed by atoms with E-state index in [2.05, 4.69) is 13.5 Å². The van der Waals surface area contributed by atoms with Crippen LogP contribution in [0.3, 0.4) is 0 Å². The highest BCUT2D eigenvalue weighted by Gasteiger charge is 2.51. The van der Waals surface area contributed by atoms with Crippen LogP contribution in [-0.4, -0.2) is 37.5 Å². The summed E-state index contributed by atoms with van der Waals surface area (Å²) in [4.78, 5) is 0. The minimum Gasteiger partial charge on any atom is -0.349 e. The smallest absolute Gasteiger partial charge is 0.186 e. The predicted octanol–water partition coefficient (Wildman–Crippen LogP) is 1.70. The van der Waals surface area contributed by atoms with Gasteiger partial charge in [-0.3, -0.25) is 0 Å². The molecule has 0 aliphatic carbocycles. The maximum atomic E-state index is 5.87. The summed E-state index contributed by atoms with van der Waals surface area (Å²) in [7, 11) is 0. The van der Waals surface area contributed by atoms with Gasteiger partial charge in [0.05, 0.1) is 19.3 Å². The molecule has 2 saturated heterocycles. The zero-order valence-corrected chi connectivity index (χ0v) is 10.1. The molecule has 0 aromatic carbocycles. The molecule has 0 N–H and O–H groups in total. The standard InChI is InChI=1S/C12H20O4/c1-5-6-13-11-10-9(8(2)7-14-11)15-12(3,4)16-10/h5,8-11H,1,6-7H2,2-4H3. The van der Waals surface area contributed by atoms with Crippen LogP contribution in [0.5, 0.6) is 0 Å². The van der Waals surface area contributed by atoms with Gasteiger partial charge in [0.1, 0.15) is 6.10 Å². The molecule has 4 heteroatoms. The quantitative estimate of drug-likeness (QED) is 0.689. The zero-order valence-electron chi connectivity index (χ0n) is 10.1. The molecule has 2 aliphatic heterocycles. The average Bonchev–Trinajstić information content (AvgIpc) is 2.54. The molecule has 16 heavy (non-hydrogen) atoms. The zero-order chi connectivity index (χ0) is 11.8. The van der Waals surface area contributed by atoms with Crippen LogP contribution < -0.4 is 0 Å². The Hall–Kier alpha value is -0.420. The Morgan fingerprint density at radius 1 is 1.38 bits per heavy atom. The van der Waals surface area contributed by atoms with Crippen molar-refractivity contribution in [1.29, 1.82) is 0 Å². The summed E-state index contributed by atoms with van der Waals surface area (Å²) < 4.78 is 22.9. The van der Waals surface area contributed by atoms with Gasteiger partial charge >= 0.3 is 0 Å². The van der Waals surface area contributed by atoms with Gasteiger partial charge in [0.2, 0.25) is 0 Å². The van der Waals surface area contributed by atoms with Gasteiger partial charge in [0.25, 0.3) is 0 Å². The highest BCUT2D eigenvalue weighted by atomic mass is 16.8. The van der Waals surface area contributed by atoms with E-state index in [1.54, 1.807) is 6.08 Å². The molecule has 0 saturated carbocycles. The number of ether oxygens (including phenoxy) is 4. The van der Waals surface area contributed by atoms with Crippen molar-refractivity contribution in [3.05, 3.63) is 12.7 Å². The van der Waals surface area contributed by atoms with Crippen LogP contribution in [0.15, 0.2) is 12.7 Å². The SMILES string of the molecule is C=CCOC1OCC(C)C2OC(C)(C)OC12. The van der Waals surface area contributed by atoms with Crippen molar-refractivity contribution < 1.29 is 18.9 Å². The Bertz CT molecular complexity index is 264. The highest BCUT2D eigenvalue weighted by Crippen LogP contribution is 2.37. The second kappa shape index (κ2) is 4.45. The largest absolute Gasteiger partial charge is 0.349 e. The van der Waals surface area contributed by atoms with E-state index < -0.39 is 5.79 Å². The van der Waals surface area contributed by atoms with E-state index >= 15 is 0 Å². The fourth-order valence-corrected chi connectivity index (χ4v) is 2.21. The monoisotopic (exact) mass is 228 g/mol. The predicted molar refractivity (Wildman–Crippen MR) is 58.9 cm³/mol. The minimum atomic E-state index is -0.549. The lowest BCUT2D eigenvalue weighted by Crippen LogP contribution is -2.48. The lowest BCUT2D eigenvalue weighted by Gasteiger charge is -2.34. The third-order valence-corrected chi connectivity index (χ3v) is 2.89. The summed E-state index contributed by atoms with van der Waals surface area (Å²) in [6, 6.07) is 0. The fourth-order valence-electron chi connectivity index (χ4n) is 2.21. The second-order valence-corrected chi connectivity index (χ2v) is 4.87. The Labute approximate surface area is 96.5 Å². The second-order valence-electron chi connectivity index (χ2n) is 4.87. The van der Waals surface area contributed by atoms with E-state index in [9.17, 15) is 0 Å². The van der Waals surface area contributed by atoms with Gasteiger partial charge in [-0.05, 0) is 13.8 Å². The highest BCUT2D eigenvalue weighted by molar-refractivity contribution is 4.90. The first-order chi connectivity index (χ1) is 7.53. The van der Waals surface area contributed by atoms with Crippen LogP contribution in [0, 0.1) is 5.92 Å². The molecule has 4 nitrogen and oxygen atoms in total. The van der Waals surface area contributed by atoms with E-state index in [1.807, 2.05) is 13.8 Å². The molecule has 2 heterocycles. The van der Waals surface area contributed by atoms with Crippen LogP contribution in [-0.2, 0) is 18.9 Å². The fraction of sp³-hybridized carbons (Fsp3) is 0.833. The molecular formula is C12H20O4. The molecule has 2 rings (SSSR count). The van der Waals surface area contributed by atoms with Crippen LogP contribution in [0.4, 0.5) is 0 Å². The van der Waals surface area contributed by atoms with Crippen molar-refractivity contribution in [3.63, 3.8) is 0 Å². The van der Waals surface area contributed by atoms with Crippen LogP contribution in [0.2, 0.25) is 0 Å². The van der Waals surface area contributed by atoms with Crippen LogP contribution in [0.25, 0.3) is 0 Å². The van der Waals surface area contributed by atoms with Gasteiger partial charge < -0.3 is 18.9 Å². The average molecular weight is 228 g/mol. The molecule has 0 bridgehead atoms. The minimum absolute atomic E-state index is 0.0542. The van der Waals surface area contributed by atoms with Gasteiger partial charge in [0.15, 0.2) is 12.1 Å². The molecule has 2 aliphatic rings. The molecule has 4 unspecified atom stereocenters. The number of rotatable bonds is 3. The molecule has 92 valence electrons. The van der Waals surface area contributed by atoms with Crippen molar-refractivity contribution >= 4 is 0 Å². The molecule has 0 amide bonds. The van der Waals surface area contributed by atoms with Gasteiger partial charge in [-0.25, -0.2) is 0 Å². The van der Waals surface area contributed by atoms with Crippen molar-refractivity contribution in [2.45, 2.75) is 45.1 Å². The van der Waals surface area contributed by atoms with Gasteiger partial charge in [0, 0.05) is 5.92 Å². The number of fused-ring (bicyclic) bond motifs is 1. The third-order valence-electron chi connectivity index (χ3n) is 2.89. The third kappa shape index (κ3) is 2.30. The maximum Gasteiger partial charge on any atom is 0.186 e. The van der Waals surface area contributed by atoms with Crippen LogP contribution in [0.1, 0.15) is 20.8 Å². The molecule has 2 fully saturated rings. The Morgan fingerprint density at radius 3 is 2.75 bits per heavy atom. The van der Waals surface area contributed by atoms with E-state index in [0.717, 1.165) is 0 Å². The van der Waals surface area contributed by atoms with Crippen molar-refractivity contribution in [2.75, 3.05) is 13.2 Å². The molecule has 0 radical (unpaired) electrons. The summed E-state index contributed by atoms with van der Waals surface area (Å²) in [5, 5.41) is 0. The Morgan fingerprint density at radius 2 is 2.06 bits per heavy atom. The van der Waals surface area contributed by atoms with Crippen molar-refractivity contribution in [3.8, 4) is 0 Å². The van der Waals surface area contributed by atoms with Crippen molar-refractivity contribution in [2.24, 2.45) is 5.92 Å². The lowest BCUT2D eigenvalue weighted by atomic mass is 9.98. The topological polar surface area (TPSA) is 36.9 Å². The van der Waals surface area contributed by atoms with E-state index in [1.165, 1.54) is 0 Å². The summed E-state index contributed by atoms with van der Waals surface area (Å²) in [5.74, 6) is -0.219. The summed E-state index contributed by atoms with van der Waals surface area (Å²) >= 11 is 0. The van der Waals surface area contributed by atoms with E-state index in [0.29, 0.717) is 19.1 Å². The van der Waals surface area contributed by atoms with Crippen LogP contribution >= 0.6 is 0 Å². The van der Waals surface area contributed by atoms with Gasteiger partial charge in [-0.2, -0.15) is 0 Å². The van der Waals surface area contributed by atoms with E-state index in [-0.39, 0.29) is 18.5 Å². The van der Waals surface area contributed by atoms with E-state index in [4.69, 9.17) is 18.9 Å². The first kappa shape index (κ1) is 12.0. The Kier molecular flexibility index (Phi) is 3.35. The number of hydrogen-bond donors (Lipinski definition) is 0. The van der Waals surface area contributed by atoms with Crippen molar-refractivity contribution in [1.82, 2.24) is 0 Å². The summed E-state index contributed by atoms with van der Waals surface area (Å²) in [6.45, 7) is 10.7.